The van der Waals surface area contributed by atoms with Crippen LogP contribution in [0, 0.1) is 11.8 Å². The third-order valence-corrected chi connectivity index (χ3v) is 5.12. The number of halogens is 2. The van der Waals surface area contributed by atoms with Gasteiger partial charge < -0.3 is 10.2 Å². The number of hydrogen-bond acceptors (Lipinski definition) is 2. The first-order chi connectivity index (χ1) is 9.61. The molecule has 2 heterocycles. The number of amides is 1. The number of rotatable bonds is 2. The molecule has 2 aliphatic rings. The average Bonchev–Trinajstić information content (AvgIpc) is 3.00. The van der Waals surface area contributed by atoms with Crippen LogP contribution in [0.3, 0.4) is 0 Å². The molecule has 0 bridgehead atoms. The van der Waals surface area contributed by atoms with E-state index in [0.29, 0.717) is 33.5 Å². The first kappa shape index (κ1) is 14.2. The van der Waals surface area contributed by atoms with Crippen molar-refractivity contribution >= 4 is 29.1 Å². The molecule has 2 aliphatic heterocycles. The molecule has 2 fully saturated rings. The maximum absolute atomic E-state index is 12.8. The molecular formula is C15H18Cl2N2O. The molecule has 1 N–H and O–H groups in total. The van der Waals surface area contributed by atoms with Gasteiger partial charge in [-0.1, -0.05) is 30.1 Å². The fourth-order valence-electron chi connectivity index (χ4n) is 3.60. The highest BCUT2D eigenvalue weighted by molar-refractivity contribution is 6.35. The molecule has 0 spiro atoms. The Kier molecular flexibility index (Phi) is 3.93. The van der Waals surface area contributed by atoms with E-state index in [0.717, 1.165) is 26.1 Å². The number of nitrogens with one attached hydrogen (secondary N) is 1. The van der Waals surface area contributed by atoms with Crippen molar-refractivity contribution in [3.8, 4) is 0 Å². The molecule has 0 aromatic heterocycles. The summed E-state index contributed by atoms with van der Waals surface area (Å²) in [6, 6.07) is 5.38. The zero-order valence-corrected chi connectivity index (χ0v) is 12.9. The minimum absolute atomic E-state index is 0.0127. The molecule has 5 heteroatoms. The summed E-state index contributed by atoms with van der Waals surface area (Å²) in [5.41, 5.74) is 0.519. The van der Waals surface area contributed by atoms with Crippen molar-refractivity contribution in [3.05, 3.63) is 33.8 Å². The number of likely N-dealkylation sites (tertiary alicyclic amines) is 1. The summed E-state index contributed by atoms with van der Waals surface area (Å²) < 4.78 is 0. The van der Waals surface area contributed by atoms with Crippen molar-refractivity contribution in [3.63, 3.8) is 0 Å². The lowest BCUT2D eigenvalue weighted by Crippen LogP contribution is -2.39. The predicted molar refractivity (Wildman–Crippen MR) is 81.4 cm³/mol. The Balaban J connectivity index is 1.88. The van der Waals surface area contributed by atoms with Gasteiger partial charge in [0, 0.05) is 30.7 Å². The maximum Gasteiger partial charge on any atom is 0.255 e. The van der Waals surface area contributed by atoms with Crippen LogP contribution in [0.5, 0.6) is 0 Å². The van der Waals surface area contributed by atoms with E-state index in [-0.39, 0.29) is 5.91 Å². The third-order valence-electron chi connectivity index (χ3n) is 4.56. The Bertz CT molecular complexity index is 535. The van der Waals surface area contributed by atoms with E-state index in [4.69, 9.17) is 23.2 Å². The van der Waals surface area contributed by atoms with E-state index in [1.165, 1.54) is 0 Å². The number of carbonyl (C=O) groups is 1. The van der Waals surface area contributed by atoms with E-state index < -0.39 is 0 Å². The molecule has 1 aromatic carbocycles. The van der Waals surface area contributed by atoms with Crippen LogP contribution in [0.1, 0.15) is 23.7 Å². The summed E-state index contributed by atoms with van der Waals surface area (Å²) in [7, 11) is 0. The van der Waals surface area contributed by atoms with E-state index in [2.05, 4.69) is 12.2 Å². The first-order valence-electron chi connectivity index (χ1n) is 7.08. The summed E-state index contributed by atoms with van der Waals surface area (Å²) in [6.45, 7) is 4.98. The highest BCUT2D eigenvalue weighted by atomic mass is 35.5. The fourth-order valence-corrected chi connectivity index (χ4v) is 3.97. The smallest absolute Gasteiger partial charge is 0.255 e. The van der Waals surface area contributed by atoms with Gasteiger partial charge in [0.1, 0.15) is 0 Å². The second-order valence-corrected chi connectivity index (χ2v) is 6.48. The highest BCUT2D eigenvalue weighted by Gasteiger charge is 2.45. The van der Waals surface area contributed by atoms with Crippen molar-refractivity contribution in [2.24, 2.45) is 11.8 Å². The van der Waals surface area contributed by atoms with Gasteiger partial charge in [0.2, 0.25) is 0 Å². The van der Waals surface area contributed by atoms with Gasteiger partial charge in [-0.2, -0.15) is 0 Å². The maximum atomic E-state index is 12.8. The Labute approximate surface area is 129 Å². The van der Waals surface area contributed by atoms with Crippen LogP contribution in [0.15, 0.2) is 18.2 Å². The lowest BCUT2D eigenvalue weighted by atomic mass is 9.93. The summed E-state index contributed by atoms with van der Waals surface area (Å²) in [6.07, 6.45) is 0.979. The summed E-state index contributed by atoms with van der Waals surface area (Å²) in [5, 5.41) is 4.45. The molecule has 3 rings (SSSR count). The molecule has 0 saturated carbocycles. The second kappa shape index (κ2) is 5.55. The Hall–Kier alpha value is -0.770. The largest absolute Gasteiger partial charge is 0.335 e. The Morgan fingerprint density at radius 3 is 2.95 bits per heavy atom. The van der Waals surface area contributed by atoms with E-state index in [9.17, 15) is 4.79 Å². The molecule has 1 aromatic rings. The van der Waals surface area contributed by atoms with Crippen molar-refractivity contribution in [2.45, 2.75) is 19.4 Å². The Morgan fingerprint density at radius 2 is 2.20 bits per heavy atom. The number of carbonyl (C=O) groups excluding carboxylic acids is 1. The average molecular weight is 313 g/mol. The highest BCUT2D eigenvalue weighted by Crippen LogP contribution is 2.36. The standard InChI is InChI=1S/C15H18Cl2N2O/c1-2-14-12-7-18-6-9(12)8-19(14)15(20)11-5-10(16)3-4-13(11)17/h3-5,9,12,14,18H,2,6-8H2,1H3. The van der Waals surface area contributed by atoms with E-state index in [1.54, 1.807) is 18.2 Å². The van der Waals surface area contributed by atoms with Crippen LogP contribution >= 0.6 is 23.2 Å². The van der Waals surface area contributed by atoms with Gasteiger partial charge in [-0.3, -0.25) is 4.79 Å². The lowest BCUT2D eigenvalue weighted by molar-refractivity contribution is 0.0712. The number of hydrogen-bond donors (Lipinski definition) is 1. The van der Waals surface area contributed by atoms with Crippen LogP contribution in [0.4, 0.5) is 0 Å². The normalized spacial score (nSPS) is 28.8. The zero-order valence-electron chi connectivity index (χ0n) is 11.4. The second-order valence-electron chi connectivity index (χ2n) is 5.64. The number of nitrogens with zero attached hydrogens (tertiary/aromatic N) is 1. The minimum Gasteiger partial charge on any atom is -0.335 e. The Morgan fingerprint density at radius 1 is 1.40 bits per heavy atom. The minimum atomic E-state index is 0.0127. The fraction of sp³-hybridized carbons (Fsp3) is 0.533. The van der Waals surface area contributed by atoms with Crippen LogP contribution in [-0.4, -0.2) is 36.5 Å². The molecular weight excluding hydrogens is 295 g/mol. The SMILES string of the molecule is CCC1C2CNCC2CN1C(=O)c1cc(Cl)ccc1Cl. The molecule has 1 amide bonds. The van der Waals surface area contributed by atoms with Crippen molar-refractivity contribution in [1.82, 2.24) is 10.2 Å². The number of fused-ring (bicyclic) bond motifs is 1. The van der Waals surface area contributed by atoms with Gasteiger partial charge in [0.25, 0.3) is 5.91 Å². The molecule has 3 nitrogen and oxygen atoms in total. The zero-order chi connectivity index (χ0) is 14.3. The monoisotopic (exact) mass is 312 g/mol. The molecule has 0 radical (unpaired) electrons. The van der Waals surface area contributed by atoms with Gasteiger partial charge in [0.05, 0.1) is 10.6 Å². The summed E-state index contributed by atoms with van der Waals surface area (Å²) >= 11 is 12.2. The van der Waals surface area contributed by atoms with Gasteiger partial charge in [0.15, 0.2) is 0 Å². The van der Waals surface area contributed by atoms with Gasteiger partial charge in [-0.25, -0.2) is 0 Å². The predicted octanol–water partition coefficient (Wildman–Crippen LogP) is 3.06. The van der Waals surface area contributed by atoms with Crippen LogP contribution in [0.2, 0.25) is 10.0 Å². The molecule has 0 aliphatic carbocycles. The summed E-state index contributed by atoms with van der Waals surface area (Å²) in [4.78, 5) is 14.8. The summed E-state index contributed by atoms with van der Waals surface area (Å²) in [5.74, 6) is 1.16. The lowest BCUT2D eigenvalue weighted by Gasteiger charge is -2.27. The molecule has 3 atom stereocenters. The molecule has 3 unspecified atom stereocenters. The van der Waals surface area contributed by atoms with Gasteiger partial charge >= 0.3 is 0 Å². The van der Waals surface area contributed by atoms with Crippen LogP contribution in [0.25, 0.3) is 0 Å². The molecule has 20 heavy (non-hydrogen) atoms. The van der Waals surface area contributed by atoms with Crippen molar-refractivity contribution < 1.29 is 4.79 Å². The molecule has 2 saturated heterocycles. The third kappa shape index (κ3) is 2.32. The van der Waals surface area contributed by atoms with E-state index >= 15 is 0 Å². The van der Waals surface area contributed by atoms with Gasteiger partial charge in [-0.15, -0.1) is 0 Å². The van der Waals surface area contributed by atoms with Gasteiger partial charge in [-0.05, 0) is 36.5 Å². The first-order valence-corrected chi connectivity index (χ1v) is 7.84. The van der Waals surface area contributed by atoms with Crippen LogP contribution < -0.4 is 5.32 Å². The number of benzene rings is 1. The quantitative estimate of drug-likeness (QED) is 0.910. The molecule has 108 valence electrons. The topological polar surface area (TPSA) is 32.3 Å². The van der Waals surface area contributed by atoms with Crippen molar-refractivity contribution in [1.29, 1.82) is 0 Å². The van der Waals surface area contributed by atoms with E-state index in [1.807, 2.05) is 4.90 Å². The van der Waals surface area contributed by atoms with Crippen LogP contribution in [-0.2, 0) is 0 Å². The van der Waals surface area contributed by atoms with Crippen molar-refractivity contribution in [2.75, 3.05) is 19.6 Å².